The van der Waals surface area contributed by atoms with Gasteiger partial charge < -0.3 is 14.5 Å². The van der Waals surface area contributed by atoms with Crippen molar-refractivity contribution >= 4 is 39.1 Å². The lowest BCUT2D eigenvalue weighted by Crippen LogP contribution is -2.10. The highest BCUT2D eigenvalue weighted by Crippen LogP contribution is 2.32. The number of rotatable bonds is 5. The molecule has 180 valence electrons. The van der Waals surface area contributed by atoms with Gasteiger partial charge in [-0.3, -0.25) is 0 Å². The van der Waals surface area contributed by atoms with Gasteiger partial charge in [0.05, 0.1) is 16.8 Å². The standard InChI is InChI=1S/C28H18F3NO4/c29-28(30,31)19-7-5-8-20(15-19)32-23-11-4-3-10-22(23)27(34)35-16-18-14-25(33)36-24-13-12-17-6-1-2-9-21(17)26(18)24/h1-15,32H,16H2. The Hall–Kier alpha value is -4.59. The van der Waals surface area contributed by atoms with Crippen molar-refractivity contribution in [2.24, 2.45) is 0 Å². The van der Waals surface area contributed by atoms with E-state index < -0.39 is 23.3 Å². The van der Waals surface area contributed by atoms with E-state index in [4.69, 9.17) is 9.15 Å². The molecule has 0 amide bonds. The van der Waals surface area contributed by atoms with Crippen LogP contribution in [0.2, 0.25) is 0 Å². The summed E-state index contributed by atoms with van der Waals surface area (Å²) in [5.41, 5.74) is 0.0542. The lowest BCUT2D eigenvalue weighted by atomic mass is 10.0. The van der Waals surface area contributed by atoms with Crippen LogP contribution in [0.25, 0.3) is 21.7 Å². The largest absolute Gasteiger partial charge is 0.457 e. The molecule has 5 nitrogen and oxygen atoms in total. The van der Waals surface area contributed by atoms with E-state index in [9.17, 15) is 22.8 Å². The summed E-state index contributed by atoms with van der Waals surface area (Å²) < 4.78 is 50.1. The first-order valence-corrected chi connectivity index (χ1v) is 10.9. The number of alkyl halides is 3. The molecule has 0 aliphatic heterocycles. The Balaban J connectivity index is 1.43. The highest BCUT2D eigenvalue weighted by atomic mass is 19.4. The minimum absolute atomic E-state index is 0.132. The summed E-state index contributed by atoms with van der Waals surface area (Å²) in [5, 5.41) is 5.30. The molecule has 0 aliphatic carbocycles. The molecule has 0 bridgehead atoms. The third-order valence-electron chi connectivity index (χ3n) is 5.69. The molecular formula is C28H18F3NO4. The molecule has 0 saturated heterocycles. The van der Waals surface area contributed by atoms with Crippen LogP contribution in [0.1, 0.15) is 21.5 Å². The van der Waals surface area contributed by atoms with E-state index >= 15 is 0 Å². The highest BCUT2D eigenvalue weighted by Gasteiger charge is 2.30. The zero-order valence-corrected chi connectivity index (χ0v) is 18.6. The molecule has 0 radical (unpaired) electrons. The van der Waals surface area contributed by atoms with Crippen LogP contribution < -0.4 is 10.9 Å². The summed E-state index contributed by atoms with van der Waals surface area (Å²) in [4.78, 5) is 25.1. The van der Waals surface area contributed by atoms with E-state index in [2.05, 4.69) is 5.32 Å². The van der Waals surface area contributed by atoms with Gasteiger partial charge in [-0.15, -0.1) is 0 Å². The first-order valence-electron chi connectivity index (χ1n) is 10.9. The van der Waals surface area contributed by atoms with Crippen LogP contribution in [-0.4, -0.2) is 5.97 Å². The molecule has 0 aliphatic rings. The molecule has 0 atom stereocenters. The summed E-state index contributed by atoms with van der Waals surface area (Å²) >= 11 is 0. The van der Waals surface area contributed by atoms with Gasteiger partial charge in [0.1, 0.15) is 12.2 Å². The number of hydrogen-bond donors (Lipinski definition) is 1. The molecule has 8 heteroatoms. The molecule has 0 saturated carbocycles. The fourth-order valence-corrected chi connectivity index (χ4v) is 4.05. The second-order valence-electron chi connectivity index (χ2n) is 8.08. The summed E-state index contributed by atoms with van der Waals surface area (Å²) in [6.07, 6.45) is -4.49. The number of esters is 1. The SMILES string of the molecule is O=C(OCc1cc(=O)oc2ccc3ccccc3c12)c1ccccc1Nc1cccc(C(F)(F)F)c1. The van der Waals surface area contributed by atoms with E-state index in [0.717, 1.165) is 22.9 Å². The van der Waals surface area contributed by atoms with E-state index in [1.807, 2.05) is 30.3 Å². The van der Waals surface area contributed by atoms with E-state index in [1.54, 1.807) is 24.3 Å². The number of carbonyl (C=O) groups is 1. The highest BCUT2D eigenvalue weighted by molar-refractivity contribution is 6.07. The summed E-state index contributed by atoms with van der Waals surface area (Å²) in [7, 11) is 0. The molecule has 5 rings (SSSR count). The molecule has 0 unspecified atom stereocenters. The number of halogens is 3. The molecule has 0 spiro atoms. The Kier molecular flexibility index (Phi) is 5.93. The Morgan fingerprint density at radius 2 is 1.67 bits per heavy atom. The van der Waals surface area contributed by atoms with E-state index in [0.29, 0.717) is 16.5 Å². The molecular weight excluding hydrogens is 471 g/mol. The van der Waals surface area contributed by atoms with Gasteiger partial charge in [-0.25, -0.2) is 9.59 Å². The molecule has 5 aromatic rings. The third kappa shape index (κ3) is 4.65. The Bertz CT molecular complexity index is 1660. The third-order valence-corrected chi connectivity index (χ3v) is 5.69. The maximum absolute atomic E-state index is 13.1. The van der Waals surface area contributed by atoms with Crippen molar-refractivity contribution in [3.8, 4) is 0 Å². The normalized spacial score (nSPS) is 11.5. The molecule has 1 heterocycles. The number of fused-ring (bicyclic) bond motifs is 3. The fourth-order valence-electron chi connectivity index (χ4n) is 4.05. The number of anilines is 2. The Labute approximate surface area is 202 Å². The van der Waals surface area contributed by atoms with Crippen LogP contribution >= 0.6 is 0 Å². The van der Waals surface area contributed by atoms with Crippen LogP contribution in [0.3, 0.4) is 0 Å². The first-order chi connectivity index (χ1) is 17.3. The smallest absolute Gasteiger partial charge is 0.416 e. The second-order valence-corrected chi connectivity index (χ2v) is 8.08. The maximum atomic E-state index is 13.1. The van der Waals surface area contributed by atoms with Crippen molar-refractivity contribution in [1.29, 1.82) is 0 Å². The first kappa shape index (κ1) is 23.2. The summed E-state index contributed by atoms with van der Waals surface area (Å²) in [5.74, 6) is -0.702. The zero-order chi connectivity index (χ0) is 25.3. The van der Waals surface area contributed by atoms with Gasteiger partial charge in [0.25, 0.3) is 0 Å². The fraction of sp³-hybridized carbons (Fsp3) is 0.0714. The predicted octanol–water partition coefficient (Wildman–Crippen LogP) is 7.07. The average Bonchev–Trinajstić information content (AvgIpc) is 2.86. The summed E-state index contributed by atoms with van der Waals surface area (Å²) in [6.45, 7) is -0.202. The van der Waals surface area contributed by atoms with Gasteiger partial charge in [-0.05, 0) is 47.2 Å². The molecule has 4 aromatic carbocycles. The second kappa shape index (κ2) is 9.22. The monoisotopic (exact) mass is 489 g/mol. The zero-order valence-electron chi connectivity index (χ0n) is 18.6. The number of benzene rings is 4. The molecule has 1 N–H and O–H groups in total. The number of ether oxygens (including phenoxy) is 1. The lowest BCUT2D eigenvalue weighted by molar-refractivity contribution is -0.137. The van der Waals surface area contributed by atoms with Crippen molar-refractivity contribution in [3.05, 3.63) is 118 Å². The topological polar surface area (TPSA) is 68.5 Å². The number of carbonyl (C=O) groups excluding carboxylic acids is 1. The van der Waals surface area contributed by atoms with Crippen LogP contribution in [0.5, 0.6) is 0 Å². The number of para-hydroxylation sites is 1. The minimum Gasteiger partial charge on any atom is -0.457 e. The Morgan fingerprint density at radius 1 is 0.889 bits per heavy atom. The average molecular weight is 489 g/mol. The molecule has 36 heavy (non-hydrogen) atoms. The van der Waals surface area contributed by atoms with Gasteiger partial charge >= 0.3 is 17.8 Å². The van der Waals surface area contributed by atoms with Gasteiger partial charge in [-0.2, -0.15) is 13.2 Å². The van der Waals surface area contributed by atoms with E-state index in [-0.39, 0.29) is 23.5 Å². The quantitative estimate of drug-likeness (QED) is 0.163. The van der Waals surface area contributed by atoms with Gasteiger partial charge in [-0.1, -0.05) is 48.5 Å². The Morgan fingerprint density at radius 3 is 2.50 bits per heavy atom. The van der Waals surface area contributed by atoms with Gasteiger partial charge in [0.15, 0.2) is 0 Å². The van der Waals surface area contributed by atoms with Crippen molar-refractivity contribution in [2.45, 2.75) is 12.8 Å². The van der Waals surface area contributed by atoms with Crippen LogP contribution in [0.15, 0.2) is 100 Å². The number of hydrogen-bond acceptors (Lipinski definition) is 5. The predicted molar refractivity (Wildman–Crippen MR) is 130 cm³/mol. The minimum atomic E-state index is -4.49. The van der Waals surface area contributed by atoms with E-state index in [1.165, 1.54) is 24.3 Å². The maximum Gasteiger partial charge on any atom is 0.416 e. The van der Waals surface area contributed by atoms with Crippen molar-refractivity contribution < 1.29 is 27.1 Å². The van der Waals surface area contributed by atoms with Crippen molar-refractivity contribution in [3.63, 3.8) is 0 Å². The van der Waals surface area contributed by atoms with Gasteiger partial charge in [0.2, 0.25) is 0 Å². The van der Waals surface area contributed by atoms with Crippen LogP contribution in [-0.2, 0) is 17.5 Å². The van der Waals surface area contributed by atoms with Crippen LogP contribution in [0.4, 0.5) is 24.5 Å². The van der Waals surface area contributed by atoms with Crippen molar-refractivity contribution in [2.75, 3.05) is 5.32 Å². The van der Waals surface area contributed by atoms with Crippen molar-refractivity contribution in [1.82, 2.24) is 0 Å². The van der Waals surface area contributed by atoms with Crippen LogP contribution in [0, 0.1) is 0 Å². The lowest BCUT2D eigenvalue weighted by Gasteiger charge is -2.14. The van der Waals surface area contributed by atoms with Gasteiger partial charge in [0, 0.05) is 22.7 Å². The summed E-state index contributed by atoms with van der Waals surface area (Å²) in [6, 6.07) is 23.4. The molecule has 1 aromatic heterocycles. The number of nitrogens with one attached hydrogen (secondary N) is 1. The molecule has 0 fully saturated rings.